The number of aliphatic carboxylic acids is 1. The highest BCUT2D eigenvalue weighted by Gasteiger charge is 2.28. The molecule has 0 aliphatic rings. The maximum absolute atomic E-state index is 10.8. The van der Waals surface area contributed by atoms with E-state index >= 15 is 0 Å². The maximum Gasteiger partial charge on any atom is 0.319 e. The Hall–Kier alpha value is -0.710. The van der Waals surface area contributed by atoms with Gasteiger partial charge in [0.1, 0.15) is 4.75 Å². The summed E-state index contributed by atoms with van der Waals surface area (Å²) in [5.74, 6) is -0.888. The number of carboxylic acids is 1. The highest BCUT2D eigenvalue weighted by atomic mass is 32.2. The van der Waals surface area contributed by atoms with E-state index in [0.29, 0.717) is 0 Å². The largest absolute Gasteiger partial charge is 0.480 e. The van der Waals surface area contributed by atoms with Crippen LogP contribution in [-0.4, -0.2) is 34.5 Å². The zero-order chi connectivity index (χ0) is 9.78. The molecule has 0 aromatic heterocycles. The van der Waals surface area contributed by atoms with E-state index in [1.54, 1.807) is 13.8 Å². The SMILES string of the molecule is CNC(=O)CSC(C)(C)C(=O)O. The molecule has 0 aromatic carbocycles. The fourth-order valence-electron chi connectivity index (χ4n) is 0.380. The first-order valence-electron chi connectivity index (χ1n) is 3.48. The van der Waals surface area contributed by atoms with E-state index in [0.717, 1.165) is 11.8 Å². The fourth-order valence-corrected chi connectivity index (χ4v) is 1.14. The van der Waals surface area contributed by atoms with Crippen LogP contribution in [0.1, 0.15) is 13.8 Å². The Morgan fingerprint density at radius 3 is 2.33 bits per heavy atom. The molecule has 0 spiro atoms. The second kappa shape index (κ2) is 4.35. The van der Waals surface area contributed by atoms with E-state index in [4.69, 9.17) is 5.11 Å². The van der Waals surface area contributed by atoms with Gasteiger partial charge in [-0.2, -0.15) is 0 Å². The molecular formula is C7H13NO3S. The molecule has 0 aliphatic heterocycles. The maximum atomic E-state index is 10.8. The van der Waals surface area contributed by atoms with Crippen molar-refractivity contribution in [3.63, 3.8) is 0 Å². The predicted octanol–water partition coefficient (Wildman–Crippen LogP) is 0.329. The standard InChI is InChI=1S/C7H13NO3S/c1-7(2,6(10)11)12-4-5(9)8-3/h4H2,1-3H3,(H,8,9)(H,10,11). The zero-order valence-corrected chi connectivity index (χ0v) is 8.20. The Bertz CT molecular complexity index is 191. The van der Waals surface area contributed by atoms with Crippen molar-refractivity contribution in [3.8, 4) is 0 Å². The van der Waals surface area contributed by atoms with E-state index in [-0.39, 0.29) is 11.7 Å². The molecule has 0 fully saturated rings. The molecule has 2 N–H and O–H groups in total. The number of hydrogen-bond donors (Lipinski definition) is 2. The minimum Gasteiger partial charge on any atom is -0.480 e. The summed E-state index contributed by atoms with van der Waals surface area (Å²) in [6.45, 7) is 3.14. The second-order valence-electron chi connectivity index (χ2n) is 2.78. The Morgan fingerprint density at radius 2 is 2.00 bits per heavy atom. The van der Waals surface area contributed by atoms with Crippen LogP contribution in [0.25, 0.3) is 0 Å². The van der Waals surface area contributed by atoms with Crippen molar-refractivity contribution < 1.29 is 14.7 Å². The third-order valence-corrected chi connectivity index (χ3v) is 2.66. The number of amides is 1. The lowest BCUT2D eigenvalue weighted by molar-refractivity contribution is -0.138. The molecule has 0 saturated carbocycles. The Kier molecular flexibility index (Phi) is 4.09. The lowest BCUT2D eigenvalue weighted by Crippen LogP contribution is -2.30. The van der Waals surface area contributed by atoms with Gasteiger partial charge in [0.15, 0.2) is 0 Å². The molecule has 0 atom stereocenters. The topological polar surface area (TPSA) is 66.4 Å². The van der Waals surface area contributed by atoms with Crippen LogP contribution in [0.3, 0.4) is 0 Å². The summed E-state index contributed by atoms with van der Waals surface area (Å²) in [5.41, 5.74) is 0. The van der Waals surface area contributed by atoms with Gasteiger partial charge < -0.3 is 10.4 Å². The van der Waals surface area contributed by atoms with Gasteiger partial charge in [-0.25, -0.2) is 0 Å². The highest BCUT2D eigenvalue weighted by molar-refractivity contribution is 8.01. The number of hydrogen-bond acceptors (Lipinski definition) is 3. The fraction of sp³-hybridized carbons (Fsp3) is 0.714. The molecular weight excluding hydrogens is 178 g/mol. The van der Waals surface area contributed by atoms with Crippen molar-refractivity contribution in [1.29, 1.82) is 0 Å². The number of rotatable bonds is 4. The minimum atomic E-state index is -0.906. The van der Waals surface area contributed by atoms with Gasteiger partial charge in [0.25, 0.3) is 0 Å². The normalized spacial score (nSPS) is 10.9. The van der Waals surface area contributed by atoms with Gasteiger partial charge in [-0.05, 0) is 13.8 Å². The van der Waals surface area contributed by atoms with Crippen LogP contribution in [0.5, 0.6) is 0 Å². The molecule has 0 saturated heterocycles. The number of carbonyl (C=O) groups is 2. The van der Waals surface area contributed by atoms with Gasteiger partial charge in [0.05, 0.1) is 5.75 Å². The second-order valence-corrected chi connectivity index (χ2v) is 4.38. The van der Waals surface area contributed by atoms with E-state index in [1.807, 2.05) is 0 Å². The lowest BCUT2D eigenvalue weighted by Gasteiger charge is -2.17. The molecule has 0 rings (SSSR count). The average Bonchev–Trinajstić information content (AvgIpc) is 2.00. The summed E-state index contributed by atoms with van der Waals surface area (Å²) in [6, 6.07) is 0. The van der Waals surface area contributed by atoms with Gasteiger partial charge >= 0.3 is 5.97 Å². The summed E-state index contributed by atoms with van der Waals surface area (Å²) < 4.78 is -0.896. The quantitative estimate of drug-likeness (QED) is 0.672. The van der Waals surface area contributed by atoms with Crippen LogP contribution in [0.4, 0.5) is 0 Å². The van der Waals surface area contributed by atoms with E-state index in [9.17, 15) is 9.59 Å². The summed E-state index contributed by atoms with van der Waals surface area (Å²) in [5, 5.41) is 11.1. The first-order valence-corrected chi connectivity index (χ1v) is 4.46. The molecule has 1 amide bonds. The van der Waals surface area contributed by atoms with Crippen molar-refractivity contribution in [3.05, 3.63) is 0 Å². The Morgan fingerprint density at radius 1 is 1.50 bits per heavy atom. The summed E-state index contributed by atoms with van der Waals surface area (Å²) >= 11 is 1.11. The summed E-state index contributed by atoms with van der Waals surface area (Å²) in [7, 11) is 1.52. The van der Waals surface area contributed by atoms with Crippen molar-refractivity contribution in [1.82, 2.24) is 5.32 Å². The molecule has 0 bridgehead atoms. The smallest absolute Gasteiger partial charge is 0.319 e. The molecule has 4 nitrogen and oxygen atoms in total. The van der Waals surface area contributed by atoms with Gasteiger partial charge in [0.2, 0.25) is 5.91 Å². The molecule has 0 unspecified atom stereocenters. The molecule has 70 valence electrons. The first-order chi connectivity index (χ1) is 5.40. The van der Waals surface area contributed by atoms with Crippen molar-refractivity contribution in [2.24, 2.45) is 0 Å². The van der Waals surface area contributed by atoms with Crippen LogP contribution in [-0.2, 0) is 9.59 Å². The molecule has 5 heteroatoms. The van der Waals surface area contributed by atoms with E-state index in [2.05, 4.69) is 5.32 Å². The summed E-state index contributed by atoms with van der Waals surface area (Å²) in [4.78, 5) is 21.3. The lowest BCUT2D eigenvalue weighted by atomic mass is 10.2. The number of carboxylic acid groups (broad SMARTS) is 1. The van der Waals surface area contributed by atoms with Crippen molar-refractivity contribution in [2.75, 3.05) is 12.8 Å². The molecule has 0 aromatic rings. The van der Waals surface area contributed by atoms with Crippen LogP contribution >= 0.6 is 11.8 Å². The number of thioether (sulfide) groups is 1. The number of nitrogens with one attached hydrogen (secondary N) is 1. The summed E-state index contributed by atoms with van der Waals surface area (Å²) in [6.07, 6.45) is 0. The molecule has 12 heavy (non-hydrogen) atoms. The Labute approximate surface area is 75.7 Å². The van der Waals surface area contributed by atoms with E-state index < -0.39 is 10.7 Å². The van der Waals surface area contributed by atoms with Crippen molar-refractivity contribution in [2.45, 2.75) is 18.6 Å². The third-order valence-electron chi connectivity index (χ3n) is 1.36. The van der Waals surface area contributed by atoms with Crippen LogP contribution < -0.4 is 5.32 Å². The van der Waals surface area contributed by atoms with Gasteiger partial charge in [-0.1, -0.05) is 0 Å². The van der Waals surface area contributed by atoms with E-state index in [1.165, 1.54) is 7.05 Å². The monoisotopic (exact) mass is 191 g/mol. The molecule has 0 radical (unpaired) electrons. The van der Waals surface area contributed by atoms with Crippen LogP contribution in [0, 0.1) is 0 Å². The zero-order valence-electron chi connectivity index (χ0n) is 7.38. The minimum absolute atomic E-state index is 0.158. The van der Waals surface area contributed by atoms with Gasteiger partial charge in [-0.15, -0.1) is 11.8 Å². The van der Waals surface area contributed by atoms with Gasteiger partial charge in [0, 0.05) is 7.05 Å². The molecule has 0 heterocycles. The van der Waals surface area contributed by atoms with Crippen LogP contribution in [0.15, 0.2) is 0 Å². The molecule has 0 aliphatic carbocycles. The van der Waals surface area contributed by atoms with Crippen molar-refractivity contribution >= 4 is 23.6 Å². The Balaban J connectivity index is 3.92. The average molecular weight is 191 g/mol. The highest BCUT2D eigenvalue weighted by Crippen LogP contribution is 2.23. The third kappa shape index (κ3) is 3.61. The predicted molar refractivity (Wildman–Crippen MR) is 48.2 cm³/mol. The first kappa shape index (κ1) is 11.3. The van der Waals surface area contributed by atoms with Gasteiger partial charge in [-0.3, -0.25) is 9.59 Å². The number of carbonyl (C=O) groups excluding carboxylic acids is 1. The van der Waals surface area contributed by atoms with Crippen LogP contribution in [0.2, 0.25) is 0 Å².